The van der Waals surface area contributed by atoms with Crippen LogP contribution in [0.2, 0.25) is 0 Å². The molecule has 5 nitrogen and oxygen atoms in total. The van der Waals surface area contributed by atoms with Crippen LogP contribution in [-0.2, 0) is 0 Å². The highest BCUT2D eigenvalue weighted by atomic mass is 16.5. The average Bonchev–Trinajstić information content (AvgIpc) is 3.04. The van der Waals surface area contributed by atoms with Gasteiger partial charge in [-0.05, 0) is 25.0 Å². The van der Waals surface area contributed by atoms with Gasteiger partial charge in [0.15, 0.2) is 0 Å². The van der Waals surface area contributed by atoms with Gasteiger partial charge in [0.05, 0.1) is 26.5 Å². The SMILES string of the molecule is COc1ccc([C@@H]2CCCN2c2cnccn2)c(OC)c1. The predicted octanol–water partition coefficient (Wildman–Crippen LogP) is 2.84. The van der Waals surface area contributed by atoms with E-state index in [1.807, 2.05) is 18.3 Å². The van der Waals surface area contributed by atoms with Crippen molar-refractivity contribution in [2.24, 2.45) is 0 Å². The number of hydrogen-bond acceptors (Lipinski definition) is 5. The maximum Gasteiger partial charge on any atom is 0.147 e. The minimum Gasteiger partial charge on any atom is -0.497 e. The summed E-state index contributed by atoms with van der Waals surface area (Å²) in [6, 6.07) is 6.26. The maximum absolute atomic E-state index is 5.54. The van der Waals surface area contributed by atoms with E-state index in [0.717, 1.165) is 36.7 Å². The molecule has 1 fully saturated rings. The van der Waals surface area contributed by atoms with Crippen LogP contribution in [-0.4, -0.2) is 30.7 Å². The Labute approximate surface area is 124 Å². The van der Waals surface area contributed by atoms with Crippen molar-refractivity contribution in [1.29, 1.82) is 0 Å². The molecule has 1 aromatic carbocycles. The third-order valence-corrected chi connectivity index (χ3v) is 3.90. The zero-order chi connectivity index (χ0) is 14.7. The van der Waals surface area contributed by atoms with Crippen molar-refractivity contribution in [1.82, 2.24) is 9.97 Å². The van der Waals surface area contributed by atoms with Crippen molar-refractivity contribution in [3.63, 3.8) is 0 Å². The van der Waals surface area contributed by atoms with Crippen molar-refractivity contribution in [2.45, 2.75) is 18.9 Å². The smallest absolute Gasteiger partial charge is 0.147 e. The van der Waals surface area contributed by atoms with Crippen LogP contribution >= 0.6 is 0 Å². The van der Waals surface area contributed by atoms with Crippen LogP contribution in [0.25, 0.3) is 0 Å². The number of hydrogen-bond donors (Lipinski definition) is 0. The van der Waals surface area contributed by atoms with Crippen molar-refractivity contribution in [3.8, 4) is 11.5 Å². The Morgan fingerprint density at radius 2 is 2.10 bits per heavy atom. The standard InChI is InChI=1S/C16H19N3O2/c1-20-12-5-6-13(15(10-12)21-2)14-4-3-9-19(14)16-11-17-7-8-18-16/h5-8,10-11,14H,3-4,9H2,1-2H3/t14-/m0/s1. The first kappa shape index (κ1) is 13.7. The van der Waals surface area contributed by atoms with Gasteiger partial charge in [-0.3, -0.25) is 4.98 Å². The highest BCUT2D eigenvalue weighted by molar-refractivity contribution is 5.49. The summed E-state index contributed by atoms with van der Waals surface area (Å²) in [4.78, 5) is 10.9. The second-order valence-electron chi connectivity index (χ2n) is 5.02. The third kappa shape index (κ3) is 2.63. The second-order valence-corrected chi connectivity index (χ2v) is 5.02. The summed E-state index contributed by atoms with van der Waals surface area (Å²) >= 11 is 0. The molecule has 2 heterocycles. The fourth-order valence-corrected chi connectivity index (χ4v) is 2.90. The number of methoxy groups -OCH3 is 2. The van der Waals surface area contributed by atoms with Crippen LogP contribution < -0.4 is 14.4 Å². The molecule has 3 rings (SSSR count). The van der Waals surface area contributed by atoms with E-state index in [4.69, 9.17) is 9.47 Å². The summed E-state index contributed by atoms with van der Waals surface area (Å²) in [5.41, 5.74) is 1.17. The predicted molar refractivity (Wildman–Crippen MR) is 80.9 cm³/mol. The van der Waals surface area contributed by atoms with Crippen molar-refractivity contribution < 1.29 is 9.47 Å². The third-order valence-electron chi connectivity index (χ3n) is 3.90. The van der Waals surface area contributed by atoms with E-state index < -0.39 is 0 Å². The van der Waals surface area contributed by atoms with E-state index in [2.05, 4.69) is 20.9 Å². The van der Waals surface area contributed by atoms with Gasteiger partial charge in [0, 0.05) is 30.6 Å². The molecule has 2 aromatic rings. The number of nitrogens with zero attached hydrogens (tertiary/aromatic N) is 3. The van der Waals surface area contributed by atoms with Crippen LogP contribution in [0.15, 0.2) is 36.8 Å². The van der Waals surface area contributed by atoms with Crippen molar-refractivity contribution in [3.05, 3.63) is 42.4 Å². The van der Waals surface area contributed by atoms with Gasteiger partial charge in [-0.25, -0.2) is 4.98 Å². The second kappa shape index (κ2) is 5.99. The molecule has 0 aliphatic carbocycles. The molecule has 0 saturated carbocycles. The highest BCUT2D eigenvalue weighted by Crippen LogP contribution is 2.40. The molecule has 110 valence electrons. The molecule has 21 heavy (non-hydrogen) atoms. The number of ether oxygens (including phenoxy) is 2. The summed E-state index contributed by atoms with van der Waals surface area (Å²) < 4.78 is 10.8. The summed E-state index contributed by atoms with van der Waals surface area (Å²) in [6.07, 6.45) is 7.46. The van der Waals surface area contributed by atoms with Crippen LogP contribution in [0.4, 0.5) is 5.82 Å². The fourth-order valence-electron chi connectivity index (χ4n) is 2.90. The highest BCUT2D eigenvalue weighted by Gasteiger charge is 2.29. The largest absolute Gasteiger partial charge is 0.497 e. The summed E-state index contributed by atoms with van der Waals surface area (Å²) in [6.45, 7) is 0.985. The van der Waals surface area contributed by atoms with E-state index in [1.54, 1.807) is 26.6 Å². The molecule has 5 heteroatoms. The minimum absolute atomic E-state index is 0.266. The van der Waals surface area contributed by atoms with Gasteiger partial charge in [-0.1, -0.05) is 0 Å². The Morgan fingerprint density at radius 3 is 2.81 bits per heavy atom. The molecule has 0 unspecified atom stereocenters. The van der Waals surface area contributed by atoms with Gasteiger partial charge in [0.1, 0.15) is 17.3 Å². The summed E-state index contributed by atoms with van der Waals surface area (Å²) in [5.74, 6) is 2.58. The molecule has 0 N–H and O–H groups in total. The van der Waals surface area contributed by atoms with Gasteiger partial charge in [-0.15, -0.1) is 0 Å². The van der Waals surface area contributed by atoms with Crippen molar-refractivity contribution >= 4 is 5.82 Å². The minimum atomic E-state index is 0.266. The Balaban J connectivity index is 1.95. The molecule has 0 amide bonds. The normalized spacial score (nSPS) is 17.8. The monoisotopic (exact) mass is 285 g/mol. The molecule has 1 saturated heterocycles. The van der Waals surface area contributed by atoms with Crippen LogP contribution in [0.1, 0.15) is 24.4 Å². The van der Waals surface area contributed by atoms with E-state index in [1.165, 1.54) is 5.56 Å². The summed E-state index contributed by atoms with van der Waals surface area (Å²) in [5, 5.41) is 0. The number of benzene rings is 1. The number of rotatable bonds is 4. The van der Waals surface area contributed by atoms with E-state index in [9.17, 15) is 0 Å². The fraction of sp³-hybridized carbons (Fsp3) is 0.375. The lowest BCUT2D eigenvalue weighted by Crippen LogP contribution is -2.24. The molecular formula is C16H19N3O2. The Kier molecular flexibility index (Phi) is 3.90. The Morgan fingerprint density at radius 1 is 1.19 bits per heavy atom. The molecule has 0 spiro atoms. The first-order valence-corrected chi connectivity index (χ1v) is 7.08. The molecule has 1 atom stereocenters. The molecule has 0 radical (unpaired) electrons. The maximum atomic E-state index is 5.54. The van der Waals surface area contributed by atoms with Gasteiger partial charge in [-0.2, -0.15) is 0 Å². The van der Waals surface area contributed by atoms with Crippen LogP contribution in [0, 0.1) is 0 Å². The molecule has 1 aliphatic heterocycles. The first-order chi connectivity index (χ1) is 10.3. The molecule has 0 bridgehead atoms. The summed E-state index contributed by atoms with van der Waals surface area (Å²) in [7, 11) is 3.36. The molecule has 1 aliphatic rings. The Bertz CT molecular complexity index is 604. The van der Waals surface area contributed by atoms with E-state index >= 15 is 0 Å². The topological polar surface area (TPSA) is 47.5 Å². The molecular weight excluding hydrogens is 266 g/mol. The van der Waals surface area contributed by atoms with Crippen molar-refractivity contribution in [2.75, 3.05) is 25.7 Å². The lowest BCUT2D eigenvalue weighted by molar-refractivity contribution is 0.388. The molecule has 1 aromatic heterocycles. The first-order valence-electron chi connectivity index (χ1n) is 7.08. The van der Waals surface area contributed by atoms with Gasteiger partial charge >= 0.3 is 0 Å². The van der Waals surface area contributed by atoms with Gasteiger partial charge < -0.3 is 14.4 Å². The average molecular weight is 285 g/mol. The van der Waals surface area contributed by atoms with E-state index in [0.29, 0.717) is 0 Å². The van der Waals surface area contributed by atoms with Gasteiger partial charge in [0.25, 0.3) is 0 Å². The zero-order valence-corrected chi connectivity index (χ0v) is 12.3. The number of aromatic nitrogens is 2. The van der Waals surface area contributed by atoms with Gasteiger partial charge in [0.2, 0.25) is 0 Å². The van der Waals surface area contributed by atoms with Crippen LogP contribution in [0.5, 0.6) is 11.5 Å². The lowest BCUT2D eigenvalue weighted by Gasteiger charge is -2.27. The van der Waals surface area contributed by atoms with Crippen LogP contribution in [0.3, 0.4) is 0 Å². The number of anilines is 1. The zero-order valence-electron chi connectivity index (χ0n) is 12.3. The quantitative estimate of drug-likeness (QED) is 0.864. The Hall–Kier alpha value is -2.30. The lowest BCUT2D eigenvalue weighted by atomic mass is 10.0. The van der Waals surface area contributed by atoms with E-state index in [-0.39, 0.29) is 6.04 Å².